The number of rotatable bonds is 12. The van der Waals surface area contributed by atoms with E-state index in [1.165, 1.54) is 12.3 Å². The number of hydrogen-bond donors (Lipinski definition) is 2. The van der Waals surface area contributed by atoms with E-state index in [-0.39, 0.29) is 16.9 Å². The minimum absolute atomic E-state index is 0.110. The van der Waals surface area contributed by atoms with Gasteiger partial charge in [0.1, 0.15) is 28.0 Å². The topological polar surface area (TPSA) is 129 Å². The van der Waals surface area contributed by atoms with Crippen LogP contribution in [0.4, 0.5) is 24.7 Å². The number of nitrogens with two attached hydrogens (primary N) is 1. The number of anilines is 2. The molecule has 0 amide bonds. The van der Waals surface area contributed by atoms with E-state index in [1.54, 1.807) is 36.3 Å². The van der Waals surface area contributed by atoms with Gasteiger partial charge in [-0.3, -0.25) is 9.88 Å². The lowest BCUT2D eigenvalue weighted by atomic mass is 10.1. The monoisotopic (exact) mass is 617 g/mol. The molecule has 5 rings (SSSR count). The number of nitrogens with one attached hydrogen (secondary N) is 1. The first-order valence-electron chi connectivity index (χ1n) is 13.6. The van der Waals surface area contributed by atoms with Crippen LogP contribution in [0.25, 0.3) is 22.6 Å². The Labute approximate surface area is 251 Å². The molecule has 43 heavy (non-hydrogen) atoms. The molecule has 1 atom stereocenters. The molecule has 0 spiro atoms. The van der Waals surface area contributed by atoms with Crippen molar-refractivity contribution >= 4 is 23.1 Å². The molecule has 11 nitrogen and oxygen atoms in total. The lowest BCUT2D eigenvalue weighted by molar-refractivity contribution is -0.197. The Morgan fingerprint density at radius 2 is 1.98 bits per heavy atom. The minimum atomic E-state index is -2.80. The number of hydrogen-bond acceptors (Lipinski definition) is 10. The van der Waals surface area contributed by atoms with E-state index in [0.29, 0.717) is 78.3 Å². The van der Waals surface area contributed by atoms with Gasteiger partial charge in [-0.15, -0.1) is 0 Å². The molecule has 0 bridgehead atoms. The maximum atomic E-state index is 15.3. The predicted octanol–water partition coefficient (Wildman–Crippen LogP) is 4.71. The highest BCUT2D eigenvalue weighted by Crippen LogP contribution is 2.33. The predicted molar refractivity (Wildman–Crippen MR) is 155 cm³/mol. The molecule has 4 aromatic rings. The molecule has 0 saturated carbocycles. The summed E-state index contributed by atoms with van der Waals surface area (Å²) in [6.45, 7) is 2.40. The van der Waals surface area contributed by atoms with Crippen LogP contribution < -0.4 is 15.8 Å². The number of aromatic nitrogens is 6. The smallest absolute Gasteiger partial charge is 0.345 e. The molecule has 0 unspecified atom stereocenters. The molecule has 1 saturated heterocycles. The number of likely N-dealkylation sites (tertiary alicyclic amines) is 1. The fraction of sp³-hybridized carbons (Fsp3) is 0.393. The second kappa shape index (κ2) is 13.1. The van der Waals surface area contributed by atoms with E-state index in [1.807, 2.05) is 18.7 Å². The molecule has 5 heterocycles. The summed E-state index contributed by atoms with van der Waals surface area (Å²) in [7, 11) is 1.78. The minimum Gasteiger partial charge on any atom is -0.477 e. The van der Waals surface area contributed by atoms with E-state index in [0.717, 1.165) is 0 Å². The van der Waals surface area contributed by atoms with Gasteiger partial charge in [-0.2, -0.15) is 13.9 Å². The van der Waals surface area contributed by atoms with Crippen LogP contribution in [0.15, 0.2) is 36.8 Å². The highest BCUT2D eigenvalue weighted by Gasteiger charge is 2.30. The van der Waals surface area contributed by atoms with Crippen LogP contribution in [0.1, 0.15) is 24.6 Å². The van der Waals surface area contributed by atoms with Gasteiger partial charge in [-0.25, -0.2) is 24.0 Å². The van der Waals surface area contributed by atoms with Gasteiger partial charge in [-0.05, 0) is 37.6 Å². The van der Waals surface area contributed by atoms with E-state index >= 15 is 4.39 Å². The van der Waals surface area contributed by atoms with Crippen molar-refractivity contribution in [1.29, 1.82) is 0 Å². The molecule has 0 radical (unpaired) electrons. The maximum absolute atomic E-state index is 15.3. The number of aryl methyl sites for hydroxylation is 2. The number of pyridine rings is 2. The summed E-state index contributed by atoms with van der Waals surface area (Å²) in [6, 6.07) is 4.50. The summed E-state index contributed by atoms with van der Waals surface area (Å²) in [4.78, 5) is 19.0. The Hall–Kier alpha value is -4.01. The van der Waals surface area contributed by atoms with E-state index in [9.17, 15) is 8.78 Å². The van der Waals surface area contributed by atoms with Crippen LogP contribution >= 0.6 is 11.6 Å². The van der Waals surface area contributed by atoms with Gasteiger partial charge in [0.15, 0.2) is 5.82 Å². The first-order chi connectivity index (χ1) is 20.6. The molecule has 3 N–H and O–H groups in total. The summed E-state index contributed by atoms with van der Waals surface area (Å²) in [6.07, 6.45) is 4.66. The first kappa shape index (κ1) is 30.4. The van der Waals surface area contributed by atoms with Crippen molar-refractivity contribution in [3.63, 3.8) is 0 Å². The fourth-order valence-electron chi connectivity index (χ4n) is 4.86. The molecular weight excluding hydrogens is 587 g/mol. The molecule has 15 heteroatoms. The third-order valence-corrected chi connectivity index (χ3v) is 7.12. The zero-order valence-corrected chi connectivity index (χ0v) is 24.5. The van der Waals surface area contributed by atoms with Crippen LogP contribution in [0.5, 0.6) is 5.88 Å². The number of ether oxygens (including phenoxy) is 2. The Morgan fingerprint density at radius 1 is 1.19 bits per heavy atom. The van der Waals surface area contributed by atoms with E-state index in [2.05, 4.69) is 35.1 Å². The SMILES string of the molecule is Cc1nn(C)c(OCC[C@H](C)Nc2cc(Cl)ncc2-c2ncc(CN3CC(OC(F)F)C3)cc2F)c1-c1nccc(N)n1. The van der Waals surface area contributed by atoms with Crippen molar-refractivity contribution in [2.75, 3.05) is 30.7 Å². The van der Waals surface area contributed by atoms with Crippen molar-refractivity contribution in [3.05, 3.63) is 59.0 Å². The van der Waals surface area contributed by atoms with Gasteiger partial charge in [-0.1, -0.05) is 11.6 Å². The zero-order chi connectivity index (χ0) is 30.7. The molecule has 0 aromatic carbocycles. The van der Waals surface area contributed by atoms with Crippen molar-refractivity contribution in [2.45, 2.75) is 45.6 Å². The van der Waals surface area contributed by atoms with Crippen LogP contribution in [-0.2, 0) is 18.3 Å². The second-order valence-corrected chi connectivity index (χ2v) is 10.7. The van der Waals surface area contributed by atoms with E-state index < -0.39 is 18.5 Å². The van der Waals surface area contributed by atoms with Crippen LogP contribution in [-0.4, -0.2) is 73.1 Å². The summed E-state index contributed by atoms with van der Waals surface area (Å²) < 4.78 is 52.2. The van der Waals surface area contributed by atoms with Gasteiger partial charge >= 0.3 is 6.61 Å². The van der Waals surface area contributed by atoms with Crippen LogP contribution in [0.3, 0.4) is 0 Å². The summed E-state index contributed by atoms with van der Waals surface area (Å²) in [5.41, 5.74) is 8.95. The van der Waals surface area contributed by atoms with Crippen molar-refractivity contribution in [1.82, 2.24) is 34.6 Å². The van der Waals surface area contributed by atoms with Gasteiger partial charge in [0.2, 0.25) is 5.88 Å². The lowest BCUT2D eigenvalue weighted by Gasteiger charge is -2.38. The van der Waals surface area contributed by atoms with Crippen LogP contribution in [0.2, 0.25) is 5.15 Å². The molecule has 4 aromatic heterocycles. The molecular formula is C28H31ClF3N9O2. The highest BCUT2D eigenvalue weighted by molar-refractivity contribution is 6.29. The van der Waals surface area contributed by atoms with Gasteiger partial charge in [0.05, 0.1) is 18.4 Å². The number of nitrogens with zero attached hydrogens (tertiary/aromatic N) is 7. The van der Waals surface area contributed by atoms with Crippen molar-refractivity contribution in [2.24, 2.45) is 7.05 Å². The summed E-state index contributed by atoms with van der Waals surface area (Å²) >= 11 is 6.18. The number of nitrogen functional groups attached to an aromatic ring is 1. The molecule has 1 aliphatic rings. The number of alkyl halides is 2. The van der Waals surface area contributed by atoms with Crippen LogP contribution in [0, 0.1) is 12.7 Å². The highest BCUT2D eigenvalue weighted by atomic mass is 35.5. The van der Waals surface area contributed by atoms with E-state index in [4.69, 9.17) is 22.1 Å². The maximum Gasteiger partial charge on any atom is 0.345 e. The summed E-state index contributed by atoms with van der Waals surface area (Å²) in [5, 5.41) is 8.05. The molecule has 0 aliphatic carbocycles. The molecule has 1 aliphatic heterocycles. The Balaban J connectivity index is 1.23. The Bertz CT molecular complexity index is 1580. The number of halogens is 4. The molecule has 1 fully saturated rings. The normalized spacial score (nSPS) is 14.6. The quantitative estimate of drug-likeness (QED) is 0.216. The fourth-order valence-corrected chi connectivity index (χ4v) is 5.02. The standard InChI is InChI=1S/C28H31ClF3N9O2/c1-15(5-7-42-27-24(16(2)39-40(27)3)26-34-6-4-23(33)38-26)37-21-9-22(29)35-11-19(21)25-20(30)8-17(10-36-25)12-41-13-18(14-41)43-28(31)32/h4,6,8-11,15,18,28H,5,7,12-14H2,1-3H3,(H,35,37)(H2,33,34,38)/t15-/m0/s1. The average molecular weight is 618 g/mol. The van der Waals surface area contributed by atoms with Gasteiger partial charge in [0.25, 0.3) is 0 Å². The third kappa shape index (κ3) is 7.32. The summed E-state index contributed by atoms with van der Waals surface area (Å²) in [5.74, 6) is 0.753. The lowest BCUT2D eigenvalue weighted by Crippen LogP contribution is -2.52. The Morgan fingerprint density at radius 3 is 2.70 bits per heavy atom. The van der Waals surface area contributed by atoms with Crippen molar-refractivity contribution in [3.8, 4) is 28.5 Å². The van der Waals surface area contributed by atoms with Gasteiger partial charge < -0.3 is 20.5 Å². The second-order valence-electron chi connectivity index (χ2n) is 10.3. The Kier molecular flexibility index (Phi) is 9.28. The average Bonchev–Trinajstić information content (AvgIpc) is 3.20. The zero-order valence-electron chi connectivity index (χ0n) is 23.8. The first-order valence-corrected chi connectivity index (χ1v) is 13.9. The molecule has 228 valence electrons. The van der Waals surface area contributed by atoms with Crippen molar-refractivity contribution < 1.29 is 22.6 Å². The third-order valence-electron chi connectivity index (χ3n) is 6.91. The largest absolute Gasteiger partial charge is 0.477 e. The van der Waals surface area contributed by atoms with Gasteiger partial charge in [0, 0.05) is 69.0 Å².